The van der Waals surface area contributed by atoms with Crippen LogP contribution in [0, 0.1) is 11.7 Å². The minimum Gasteiger partial charge on any atom is -0.448 e. The van der Waals surface area contributed by atoms with Crippen LogP contribution in [0.5, 0.6) is 0 Å². The first-order valence-electron chi connectivity index (χ1n) is 8.13. The van der Waals surface area contributed by atoms with Crippen LogP contribution in [-0.2, 0) is 4.74 Å². The number of ether oxygens (including phenoxy) is 1. The van der Waals surface area contributed by atoms with Gasteiger partial charge in [0, 0.05) is 18.0 Å². The maximum atomic E-state index is 13.7. The second kappa shape index (κ2) is 6.71. The monoisotopic (exact) mass is 319 g/mol. The lowest BCUT2D eigenvalue weighted by atomic mass is 9.96. The number of hydrogen-bond acceptors (Lipinski definition) is 3. The summed E-state index contributed by atoms with van der Waals surface area (Å²) in [7, 11) is 0. The Kier molecular flexibility index (Phi) is 4.66. The predicted octanol–water partition coefficient (Wildman–Crippen LogP) is 3.90. The van der Waals surface area contributed by atoms with Gasteiger partial charge in [-0.3, -0.25) is 4.79 Å². The number of para-hydroxylation sites is 1. The predicted molar refractivity (Wildman–Crippen MR) is 85.9 cm³/mol. The molecule has 3 rings (SSSR count). The van der Waals surface area contributed by atoms with Crippen LogP contribution in [0.3, 0.4) is 0 Å². The first kappa shape index (κ1) is 16.0. The number of fused-ring (bicyclic) bond motifs is 1. The van der Waals surface area contributed by atoms with Gasteiger partial charge in [0.2, 0.25) is 0 Å². The van der Waals surface area contributed by atoms with Crippen molar-refractivity contribution in [3.63, 3.8) is 0 Å². The number of amides is 1. The number of furan rings is 1. The van der Waals surface area contributed by atoms with E-state index in [0.717, 1.165) is 19.3 Å². The SMILES string of the molecule is CC(C)CC1CC(NC(=O)c2cc3cccc(F)c3o2)CCO1. The zero-order valence-corrected chi connectivity index (χ0v) is 13.5. The van der Waals surface area contributed by atoms with Crippen LogP contribution >= 0.6 is 0 Å². The molecule has 1 N–H and O–H groups in total. The number of halogens is 1. The first-order valence-corrected chi connectivity index (χ1v) is 8.13. The van der Waals surface area contributed by atoms with E-state index in [2.05, 4.69) is 19.2 Å². The van der Waals surface area contributed by atoms with E-state index in [4.69, 9.17) is 9.15 Å². The van der Waals surface area contributed by atoms with E-state index in [1.165, 1.54) is 6.07 Å². The van der Waals surface area contributed by atoms with Crippen molar-refractivity contribution in [2.24, 2.45) is 5.92 Å². The quantitative estimate of drug-likeness (QED) is 0.930. The van der Waals surface area contributed by atoms with Crippen molar-refractivity contribution >= 4 is 16.9 Å². The minimum atomic E-state index is -0.454. The highest BCUT2D eigenvalue weighted by molar-refractivity contribution is 5.96. The van der Waals surface area contributed by atoms with Gasteiger partial charge in [0.25, 0.3) is 5.91 Å². The van der Waals surface area contributed by atoms with Gasteiger partial charge in [-0.1, -0.05) is 26.0 Å². The summed E-state index contributed by atoms with van der Waals surface area (Å²) in [6.07, 6.45) is 2.76. The second-order valence-electron chi connectivity index (χ2n) is 6.59. The normalized spacial score (nSPS) is 21.7. The maximum absolute atomic E-state index is 13.7. The molecule has 1 aromatic carbocycles. The van der Waals surface area contributed by atoms with Crippen LogP contribution in [-0.4, -0.2) is 24.7 Å². The summed E-state index contributed by atoms with van der Waals surface area (Å²) in [6.45, 7) is 4.97. The number of rotatable bonds is 4. The highest BCUT2D eigenvalue weighted by Crippen LogP contribution is 2.23. The van der Waals surface area contributed by atoms with Crippen molar-refractivity contribution in [2.75, 3.05) is 6.61 Å². The van der Waals surface area contributed by atoms with Crippen molar-refractivity contribution in [1.29, 1.82) is 0 Å². The van der Waals surface area contributed by atoms with Crippen molar-refractivity contribution in [3.8, 4) is 0 Å². The Morgan fingerprint density at radius 2 is 2.26 bits per heavy atom. The molecule has 1 aromatic heterocycles. The third kappa shape index (κ3) is 3.72. The Morgan fingerprint density at radius 1 is 1.43 bits per heavy atom. The Balaban J connectivity index is 1.67. The molecule has 2 unspecified atom stereocenters. The molecule has 23 heavy (non-hydrogen) atoms. The number of hydrogen-bond donors (Lipinski definition) is 1. The van der Waals surface area contributed by atoms with Crippen LogP contribution in [0.2, 0.25) is 0 Å². The second-order valence-corrected chi connectivity index (χ2v) is 6.59. The molecule has 1 aliphatic heterocycles. The van der Waals surface area contributed by atoms with Gasteiger partial charge in [0.15, 0.2) is 17.2 Å². The minimum absolute atomic E-state index is 0.0676. The van der Waals surface area contributed by atoms with Gasteiger partial charge in [-0.25, -0.2) is 4.39 Å². The molecule has 2 aromatic rings. The summed E-state index contributed by atoms with van der Waals surface area (Å²) in [5.41, 5.74) is 0.127. The third-order valence-corrected chi connectivity index (χ3v) is 4.16. The fourth-order valence-electron chi connectivity index (χ4n) is 3.10. The van der Waals surface area contributed by atoms with Gasteiger partial charge in [0.05, 0.1) is 6.10 Å². The van der Waals surface area contributed by atoms with Crippen molar-refractivity contribution in [1.82, 2.24) is 5.32 Å². The summed E-state index contributed by atoms with van der Waals surface area (Å²) < 4.78 is 24.8. The van der Waals surface area contributed by atoms with Crippen LogP contribution in [0.1, 0.15) is 43.7 Å². The van der Waals surface area contributed by atoms with Gasteiger partial charge in [-0.2, -0.15) is 0 Å². The van der Waals surface area contributed by atoms with Crippen molar-refractivity contribution < 1.29 is 18.3 Å². The zero-order valence-electron chi connectivity index (χ0n) is 13.5. The van der Waals surface area contributed by atoms with Crippen LogP contribution in [0.4, 0.5) is 4.39 Å². The molecule has 2 atom stereocenters. The Bertz CT molecular complexity index is 695. The summed E-state index contributed by atoms with van der Waals surface area (Å²) in [4.78, 5) is 12.4. The molecule has 124 valence electrons. The van der Waals surface area contributed by atoms with E-state index in [1.54, 1.807) is 18.2 Å². The summed E-state index contributed by atoms with van der Waals surface area (Å²) in [5, 5.41) is 3.58. The summed E-state index contributed by atoms with van der Waals surface area (Å²) >= 11 is 0. The van der Waals surface area contributed by atoms with E-state index >= 15 is 0 Å². The molecule has 1 fully saturated rings. The molecular formula is C18H22FNO3. The van der Waals surface area contributed by atoms with Gasteiger partial charge in [-0.05, 0) is 37.3 Å². The van der Waals surface area contributed by atoms with Gasteiger partial charge in [0.1, 0.15) is 0 Å². The third-order valence-electron chi connectivity index (χ3n) is 4.16. The topological polar surface area (TPSA) is 51.5 Å². The standard InChI is InChI=1S/C18H22FNO3/c1-11(2)8-14-10-13(6-7-22-14)20-18(21)16-9-12-4-3-5-15(19)17(12)23-16/h3-5,9,11,13-14H,6-8,10H2,1-2H3,(H,20,21). The summed E-state index contributed by atoms with van der Waals surface area (Å²) in [6, 6.07) is 6.30. The Labute approximate surface area is 135 Å². The smallest absolute Gasteiger partial charge is 0.287 e. The van der Waals surface area contributed by atoms with Crippen molar-refractivity contribution in [3.05, 3.63) is 35.8 Å². The van der Waals surface area contributed by atoms with Crippen LogP contribution in [0.15, 0.2) is 28.7 Å². The molecule has 2 heterocycles. The summed E-state index contributed by atoms with van der Waals surface area (Å²) in [5.74, 6) is -0.0368. The molecule has 0 aliphatic carbocycles. The Hall–Kier alpha value is -1.88. The van der Waals surface area contributed by atoms with E-state index in [0.29, 0.717) is 17.9 Å². The average Bonchev–Trinajstić information content (AvgIpc) is 2.92. The Morgan fingerprint density at radius 3 is 3.00 bits per heavy atom. The molecule has 5 heteroatoms. The van der Waals surface area contributed by atoms with Crippen LogP contribution < -0.4 is 5.32 Å². The van der Waals surface area contributed by atoms with E-state index in [-0.39, 0.29) is 29.4 Å². The number of carbonyl (C=O) groups is 1. The molecular weight excluding hydrogens is 297 g/mol. The lowest BCUT2D eigenvalue weighted by molar-refractivity contribution is -0.00861. The van der Waals surface area contributed by atoms with E-state index in [9.17, 15) is 9.18 Å². The highest BCUT2D eigenvalue weighted by atomic mass is 19.1. The van der Waals surface area contributed by atoms with E-state index in [1.807, 2.05) is 0 Å². The van der Waals surface area contributed by atoms with Gasteiger partial charge >= 0.3 is 0 Å². The lowest BCUT2D eigenvalue weighted by Crippen LogP contribution is -2.42. The average molecular weight is 319 g/mol. The molecule has 1 aliphatic rings. The van der Waals surface area contributed by atoms with E-state index < -0.39 is 5.82 Å². The molecule has 1 saturated heterocycles. The number of carbonyl (C=O) groups excluding carboxylic acids is 1. The molecule has 4 nitrogen and oxygen atoms in total. The van der Waals surface area contributed by atoms with Crippen molar-refractivity contribution in [2.45, 2.75) is 45.3 Å². The molecule has 0 saturated carbocycles. The van der Waals surface area contributed by atoms with Gasteiger partial charge < -0.3 is 14.5 Å². The molecule has 1 amide bonds. The lowest BCUT2D eigenvalue weighted by Gasteiger charge is -2.30. The van der Waals surface area contributed by atoms with Gasteiger partial charge in [-0.15, -0.1) is 0 Å². The first-order chi connectivity index (χ1) is 11.0. The fourth-order valence-corrected chi connectivity index (χ4v) is 3.10. The fraction of sp³-hybridized carbons (Fsp3) is 0.500. The molecule has 0 bridgehead atoms. The maximum Gasteiger partial charge on any atom is 0.287 e. The zero-order chi connectivity index (χ0) is 16.4. The molecule has 0 spiro atoms. The van der Waals surface area contributed by atoms with Crippen LogP contribution in [0.25, 0.3) is 11.0 Å². The highest BCUT2D eigenvalue weighted by Gasteiger charge is 2.26. The number of benzene rings is 1. The number of nitrogens with one attached hydrogen (secondary N) is 1. The largest absolute Gasteiger partial charge is 0.448 e. The molecule has 0 radical (unpaired) electrons.